The molecule has 0 aliphatic rings. The molecule has 1 aromatic rings. The van der Waals surface area contributed by atoms with E-state index in [-0.39, 0.29) is 11.7 Å². The molecule has 1 unspecified atom stereocenters. The van der Waals surface area contributed by atoms with Crippen LogP contribution in [0.1, 0.15) is 6.92 Å². The van der Waals surface area contributed by atoms with Crippen molar-refractivity contribution in [2.75, 3.05) is 19.0 Å². The molecule has 0 saturated carbocycles. The van der Waals surface area contributed by atoms with Crippen molar-refractivity contribution >= 4 is 17.4 Å². The van der Waals surface area contributed by atoms with E-state index in [4.69, 9.17) is 15.7 Å². The van der Waals surface area contributed by atoms with Crippen LogP contribution in [0.15, 0.2) is 17.5 Å². The van der Waals surface area contributed by atoms with Crippen LogP contribution in [0, 0.1) is 5.92 Å². The number of anilines is 1. The predicted octanol–water partition coefficient (Wildman–Crippen LogP) is -0.149. The lowest BCUT2D eigenvalue weighted by atomic mass is 10.1. The van der Waals surface area contributed by atoms with E-state index < -0.39 is 5.92 Å². The third-order valence-electron chi connectivity index (χ3n) is 2.38. The monoisotopic (exact) mass is 255 g/mol. The second-order valence-corrected chi connectivity index (χ2v) is 3.72. The van der Waals surface area contributed by atoms with Crippen molar-refractivity contribution < 1.29 is 14.7 Å². The van der Waals surface area contributed by atoms with E-state index in [2.05, 4.69) is 15.6 Å². The summed E-state index contributed by atoms with van der Waals surface area (Å²) in [5.74, 6) is -1.21. The first-order chi connectivity index (χ1) is 8.58. The number of amidine groups is 1. The molecule has 1 atom stereocenters. The number of methoxy groups -OCH3 is 1. The quantitative estimate of drug-likeness (QED) is 0.283. The minimum atomic E-state index is -0.711. The summed E-state index contributed by atoms with van der Waals surface area (Å²) in [5.41, 5.74) is 5.89. The Morgan fingerprint density at radius 2 is 2.50 bits per heavy atom. The zero-order valence-electron chi connectivity index (χ0n) is 10.3. The maximum atomic E-state index is 11.7. The second-order valence-electron chi connectivity index (χ2n) is 3.72. The predicted molar refractivity (Wildman–Crippen MR) is 65.3 cm³/mol. The molecule has 1 amide bonds. The van der Waals surface area contributed by atoms with Crippen LogP contribution in [0.2, 0.25) is 0 Å². The Labute approximate surface area is 104 Å². The molecule has 0 spiro atoms. The Bertz CT molecular complexity index is 429. The van der Waals surface area contributed by atoms with Crippen LogP contribution in [-0.4, -0.2) is 40.4 Å². The van der Waals surface area contributed by atoms with Gasteiger partial charge in [-0.3, -0.25) is 9.48 Å². The summed E-state index contributed by atoms with van der Waals surface area (Å²) in [4.78, 5) is 11.7. The van der Waals surface area contributed by atoms with Crippen molar-refractivity contribution in [2.45, 2.75) is 13.5 Å². The van der Waals surface area contributed by atoms with E-state index in [1.54, 1.807) is 24.9 Å². The first kappa shape index (κ1) is 14.0. The van der Waals surface area contributed by atoms with Crippen LogP contribution in [-0.2, 0) is 16.1 Å². The smallest absolute Gasteiger partial charge is 0.235 e. The number of rotatable bonds is 6. The molecule has 8 heteroatoms. The Morgan fingerprint density at radius 3 is 3.11 bits per heavy atom. The Hall–Kier alpha value is -2.09. The van der Waals surface area contributed by atoms with Gasteiger partial charge in [0.25, 0.3) is 0 Å². The van der Waals surface area contributed by atoms with Crippen molar-refractivity contribution in [1.29, 1.82) is 0 Å². The molecule has 1 aromatic heterocycles. The average Bonchev–Trinajstić information content (AvgIpc) is 2.81. The maximum absolute atomic E-state index is 11.7. The normalized spacial score (nSPS) is 13.3. The highest BCUT2D eigenvalue weighted by atomic mass is 16.5. The van der Waals surface area contributed by atoms with Crippen molar-refractivity contribution in [3.63, 3.8) is 0 Å². The van der Waals surface area contributed by atoms with Gasteiger partial charge in [0.1, 0.15) is 0 Å². The lowest BCUT2D eigenvalue weighted by Gasteiger charge is -2.08. The number of nitrogens with two attached hydrogens (primary N) is 1. The van der Waals surface area contributed by atoms with Crippen molar-refractivity contribution in [3.8, 4) is 0 Å². The number of carbonyl (C=O) groups is 1. The Morgan fingerprint density at radius 1 is 1.78 bits per heavy atom. The minimum Gasteiger partial charge on any atom is -0.409 e. The molecule has 18 heavy (non-hydrogen) atoms. The number of nitrogens with one attached hydrogen (secondary N) is 1. The Balaban J connectivity index is 2.57. The van der Waals surface area contributed by atoms with E-state index in [1.807, 2.05) is 0 Å². The SMILES string of the molecule is COCCn1cc(NC(=O)C(C)C(N)=NO)cn1. The lowest BCUT2D eigenvalue weighted by Crippen LogP contribution is -2.32. The van der Waals surface area contributed by atoms with Gasteiger partial charge in [0.2, 0.25) is 5.91 Å². The highest BCUT2D eigenvalue weighted by molar-refractivity contribution is 6.07. The number of carbonyl (C=O) groups excluding carboxylic acids is 1. The summed E-state index contributed by atoms with van der Waals surface area (Å²) in [5, 5.41) is 17.9. The molecule has 0 saturated heterocycles. The molecule has 1 rings (SSSR count). The standard InChI is InChI=1S/C10H17N5O3/c1-7(9(11)14-17)10(16)13-8-5-12-15(6-8)3-4-18-2/h5-7,17H,3-4H2,1-2H3,(H2,11,14)(H,13,16). The topological polar surface area (TPSA) is 115 Å². The van der Waals surface area contributed by atoms with Gasteiger partial charge in [-0.2, -0.15) is 5.10 Å². The van der Waals surface area contributed by atoms with Crippen molar-refractivity contribution in [2.24, 2.45) is 16.8 Å². The number of hydrogen-bond donors (Lipinski definition) is 3. The van der Waals surface area contributed by atoms with Crippen LogP contribution in [0.4, 0.5) is 5.69 Å². The summed E-state index contributed by atoms with van der Waals surface area (Å²) in [7, 11) is 1.60. The van der Waals surface area contributed by atoms with Crippen LogP contribution in [0.5, 0.6) is 0 Å². The summed E-state index contributed by atoms with van der Waals surface area (Å²) in [6.45, 7) is 2.68. The second kappa shape index (κ2) is 6.60. The first-order valence-corrected chi connectivity index (χ1v) is 5.38. The molecule has 100 valence electrons. The van der Waals surface area contributed by atoms with E-state index >= 15 is 0 Å². The number of amides is 1. The largest absolute Gasteiger partial charge is 0.409 e. The molecule has 0 bridgehead atoms. The number of oxime groups is 1. The van der Waals surface area contributed by atoms with Crippen molar-refractivity contribution in [3.05, 3.63) is 12.4 Å². The van der Waals surface area contributed by atoms with Gasteiger partial charge in [0.15, 0.2) is 5.84 Å². The van der Waals surface area contributed by atoms with E-state index in [1.165, 1.54) is 6.20 Å². The van der Waals surface area contributed by atoms with Gasteiger partial charge >= 0.3 is 0 Å². The maximum Gasteiger partial charge on any atom is 0.235 e. The molecule has 4 N–H and O–H groups in total. The fraction of sp³-hybridized carbons (Fsp3) is 0.500. The zero-order chi connectivity index (χ0) is 13.5. The van der Waals surface area contributed by atoms with Gasteiger partial charge in [-0.25, -0.2) is 0 Å². The summed E-state index contributed by atoms with van der Waals surface area (Å²) in [6.07, 6.45) is 3.20. The molecular formula is C10H17N5O3. The van der Waals surface area contributed by atoms with Crippen molar-refractivity contribution in [1.82, 2.24) is 9.78 Å². The molecule has 0 radical (unpaired) electrons. The van der Waals surface area contributed by atoms with Gasteiger partial charge in [0, 0.05) is 13.3 Å². The first-order valence-electron chi connectivity index (χ1n) is 5.38. The van der Waals surface area contributed by atoms with Gasteiger partial charge in [0.05, 0.1) is 31.0 Å². The molecular weight excluding hydrogens is 238 g/mol. The molecule has 0 aliphatic carbocycles. The lowest BCUT2D eigenvalue weighted by molar-refractivity contribution is -0.117. The average molecular weight is 255 g/mol. The molecule has 0 aliphatic heterocycles. The number of nitrogens with zero attached hydrogens (tertiary/aromatic N) is 3. The van der Waals surface area contributed by atoms with Gasteiger partial charge < -0.3 is 21.0 Å². The van der Waals surface area contributed by atoms with E-state index in [9.17, 15) is 4.79 Å². The third kappa shape index (κ3) is 3.74. The molecule has 1 heterocycles. The van der Waals surface area contributed by atoms with Crippen LogP contribution in [0.3, 0.4) is 0 Å². The van der Waals surface area contributed by atoms with Crippen LogP contribution < -0.4 is 11.1 Å². The minimum absolute atomic E-state index is 0.140. The number of ether oxygens (including phenoxy) is 1. The van der Waals surface area contributed by atoms with Gasteiger partial charge in [-0.05, 0) is 6.92 Å². The van der Waals surface area contributed by atoms with E-state index in [0.29, 0.717) is 18.8 Å². The fourth-order valence-electron chi connectivity index (χ4n) is 1.21. The molecule has 0 aromatic carbocycles. The number of aromatic nitrogens is 2. The van der Waals surface area contributed by atoms with Gasteiger partial charge in [-0.15, -0.1) is 0 Å². The summed E-state index contributed by atoms with van der Waals surface area (Å²) >= 11 is 0. The zero-order valence-corrected chi connectivity index (χ0v) is 10.3. The fourth-order valence-corrected chi connectivity index (χ4v) is 1.21. The highest BCUT2D eigenvalue weighted by Crippen LogP contribution is 2.07. The molecule has 0 fully saturated rings. The van der Waals surface area contributed by atoms with Crippen LogP contribution >= 0.6 is 0 Å². The Kier molecular flexibility index (Phi) is 5.12. The van der Waals surface area contributed by atoms with Crippen LogP contribution in [0.25, 0.3) is 0 Å². The number of hydrogen-bond acceptors (Lipinski definition) is 5. The van der Waals surface area contributed by atoms with E-state index in [0.717, 1.165) is 0 Å². The van der Waals surface area contributed by atoms with Gasteiger partial charge in [-0.1, -0.05) is 5.16 Å². The third-order valence-corrected chi connectivity index (χ3v) is 2.38. The molecule has 8 nitrogen and oxygen atoms in total. The highest BCUT2D eigenvalue weighted by Gasteiger charge is 2.18. The summed E-state index contributed by atoms with van der Waals surface area (Å²) in [6, 6.07) is 0. The summed E-state index contributed by atoms with van der Waals surface area (Å²) < 4.78 is 6.56.